The van der Waals surface area contributed by atoms with Gasteiger partial charge in [0, 0.05) is 12.2 Å². The highest BCUT2D eigenvalue weighted by Gasteiger charge is 2.41. The fourth-order valence-electron chi connectivity index (χ4n) is 2.65. The van der Waals surface area contributed by atoms with Gasteiger partial charge in [-0.15, -0.1) is 11.3 Å². The molecule has 1 N–H and O–H groups in total. The Balaban J connectivity index is 1.78. The summed E-state index contributed by atoms with van der Waals surface area (Å²) >= 11 is 1.28. The summed E-state index contributed by atoms with van der Waals surface area (Å²) in [4.78, 5) is 12.9. The maximum atomic E-state index is 13.0. The molecule has 1 aliphatic carbocycles. The van der Waals surface area contributed by atoms with Gasteiger partial charge in [-0.3, -0.25) is 9.10 Å². The highest BCUT2D eigenvalue weighted by atomic mass is 32.2. The Morgan fingerprint density at radius 1 is 1.21 bits per heavy atom. The number of hydrogen-bond donors (Lipinski definition) is 1. The van der Waals surface area contributed by atoms with Crippen molar-refractivity contribution in [1.29, 1.82) is 0 Å². The fraction of sp³-hybridized carbons (Fsp3) is 0.235. The number of nitrogens with one attached hydrogen (secondary N) is 1. The lowest BCUT2D eigenvalue weighted by Crippen LogP contribution is -2.38. The van der Waals surface area contributed by atoms with E-state index in [1.165, 1.54) is 21.8 Å². The number of carbonyl (C=O) groups excluding carboxylic acids is 1. The SMILES string of the molecule is O=C1C(=CNC2CC2)S(=O)(=O)N(Cc2ccccc2)c2ccsc21. The minimum atomic E-state index is -3.87. The van der Waals surface area contributed by atoms with E-state index in [0.29, 0.717) is 10.6 Å². The third kappa shape index (κ3) is 2.63. The van der Waals surface area contributed by atoms with Gasteiger partial charge in [0.15, 0.2) is 4.91 Å². The van der Waals surface area contributed by atoms with E-state index in [2.05, 4.69) is 5.32 Å². The largest absolute Gasteiger partial charge is 0.387 e. The molecule has 2 aliphatic rings. The van der Waals surface area contributed by atoms with Crippen LogP contribution in [0.2, 0.25) is 0 Å². The Hall–Kier alpha value is -2.12. The Labute approximate surface area is 144 Å². The van der Waals surface area contributed by atoms with Crippen LogP contribution in [0.3, 0.4) is 0 Å². The van der Waals surface area contributed by atoms with Crippen molar-refractivity contribution >= 4 is 32.8 Å². The number of allylic oxidation sites excluding steroid dienone is 1. The molecule has 2 heterocycles. The Morgan fingerprint density at radius 2 is 1.96 bits per heavy atom. The number of fused-ring (bicyclic) bond motifs is 1. The van der Waals surface area contributed by atoms with Crippen LogP contribution >= 0.6 is 11.3 Å². The van der Waals surface area contributed by atoms with Gasteiger partial charge in [-0.05, 0) is 29.9 Å². The molecule has 0 unspecified atom stereocenters. The normalized spacial score (nSPS) is 20.9. The summed E-state index contributed by atoms with van der Waals surface area (Å²) < 4.78 is 27.4. The lowest BCUT2D eigenvalue weighted by Gasteiger charge is -2.29. The quantitative estimate of drug-likeness (QED) is 0.852. The molecule has 1 saturated carbocycles. The van der Waals surface area contributed by atoms with Crippen LogP contribution in [0.1, 0.15) is 28.1 Å². The molecule has 4 rings (SSSR count). The predicted molar refractivity (Wildman–Crippen MR) is 94.4 cm³/mol. The second-order valence-electron chi connectivity index (χ2n) is 5.91. The Bertz CT molecular complexity index is 912. The summed E-state index contributed by atoms with van der Waals surface area (Å²) in [7, 11) is -3.87. The molecule has 24 heavy (non-hydrogen) atoms. The molecule has 0 radical (unpaired) electrons. The van der Waals surface area contributed by atoms with Crippen LogP contribution in [-0.4, -0.2) is 20.2 Å². The van der Waals surface area contributed by atoms with Crippen LogP contribution in [0, 0.1) is 0 Å². The van der Waals surface area contributed by atoms with Crippen molar-refractivity contribution in [3.8, 4) is 0 Å². The zero-order valence-electron chi connectivity index (χ0n) is 12.8. The van der Waals surface area contributed by atoms with Crippen LogP contribution in [-0.2, 0) is 16.6 Å². The van der Waals surface area contributed by atoms with Crippen molar-refractivity contribution in [3.63, 3.8) is 0 Å². The second-order valence-corrected chi connectivity index (χ2v) is 8.66. The summed E-state index contributed by atoms with van der Waals surface area (Å²) in [5.74, 6) is -0.419. The van der Waals surface area contributed by atoms with Gasteiger partial charge in [0.2, 0.25) is 5.78 Å². The number of ketones is 1. The molecular weight excluding hydrogens is 344 g/mol. The number of carbonyl (C=O) groups is 1. The first-order valence-electron chi connectivity index (χ1n) is 7.72. The molecule has 1 aliphatic heterocycles. The van der Waals surface area contributed by atoms with Crippen LogP contribution in [0.5, 0.6) is 0 Å². The van der Waals surface area contributed by atoms with E-state index in [9.17, 15) is 13.2 Å². The van der Waals surface area contributed by atoms with Gasteiger partial charge in [0.25, 0.3) is 10.0 Å². The number of thiophene rings is 1. The summed E-state index contributed by atoms with van der Waals surface area (Å²) in [5.41, 5.74) is 1.35. The number of sulfonamides is 1. The average molecular weight is 360 g/mol. The van der Waals surface area contributed by atoms with Gasteiger partial charge in [-0.2, -0.15) is 0 Å². The molecule has 2 aromatic rings. The predicted octanol–water partition coefficient (Wildman–Crippen LogP) is 2.87. The van der Waals surface area contributed by atoms with E-state index in [1.54, 1.807) is 11.4 Å². The third-order valence-electron chi connectivity index (χ3n) is 4.11. The van der Waals surface area contributed by atoms with E-state index >= 15 is 0 Å². The zero-order chi connectivity index (χ0) is 16.7. The second kappa shape index (κ2) is 5.75. The summed E-state index contributed by atoms with van der Waals surface area (Å²) in [6.07, 6.45) is 3.40. The zero-order valence-corrected chi connectivity index (χ0v) is 14.4. The molecule has 7 heteroatoms. The highest BCUT2D eigenvalue weighted by molar-refractivity contribution is 7.97. The van der Waals surface area contributed by atoms with Gasteiger partial charge in [0.05, 0.1) is 12.2 Å². The molecule has 0 amide bonds. The van der Waals surface area contributed by atoms with Crippen molar-refractivity contribution in [2.45, 2.75) is 25.4 Å². The van der Waals surface area contributed by atoms with Crippen LogP contribution in [0.15, 0.2) is 52.9 Å². The summed E-state index contributed by atoms with van der Waals surface area (Å²) in [5, 5.41) is 4.79. The molecule has 1 aromatic carbocycles. The molecule has 1 fully saturated rings. The smallest absolute Gasteiger partial charge is 0.270 e. The monoisotopic (exact) mass is 360 g/mol. The van der Waals surface area contributed by atoms with Gasteiger partial charge < -0.3 is 5.32 Å². The molecule has 5 nitrogen and oxygen atoms in total. The number of Topliss-reactive ketones (excluding diaryl/α,β-unsaturated/α-hetero) is 1. The molecule has 0 saturated heterocycles. The minimum Gasteiger partial charge on any atom is -0.387 e. The lowest BCUT2D eigenvalue weighted by molar-refractivity contribution is 0.104. The van der Waals surface area contributed by atoms with Crippen LogP contribution in [0.25, 0.3) is 0 Å². The number of benzene rings is 1. The van der Waals surface area contributed by atoms with Crippen LogP contribution in [0.4, 0.5) is 5.69 Å². The van der Waals surface area contributed by atoms with Crippen LogP contribution < -0.4 is 9.62 Å². The number of rotatable bonds is 4. The van der Waals surface area contributed by atoms with Crippen molar-refractivity contribution in [1.82, 2.24) is 5.32 Å². The van der Waals surface area contributed by atoms with E-state index in [-0.39, 0.29) is 17.5 Å². The minimum absolute atomic E-state index is 0.166. The van der Waals surface area contributed by atoms with Gasteiger partial charge in [-0.25, -0.2) is 8.42 Å². The molecule has 0 atom stereocenters. The number of anilines is 1. The Kier molecular flexibility index (Phi) is 3.69. The van der Waals surface area contributed by atoms with Gasteiger partial charge in [-0.1, -0.05) is 30.3 Å². The molecule has 124 valence electrons. The van der Waals surface area contributed by atoms with E-state index < -0.39 is 15.8 Å². The van der Waals surface area contributed by atoms with Gasteiger partial charge >= 0.3 is 0 Å². The summed E-state index contributed by atoms with van der Waals surface area (Å²) in [6, 6.07) is 11.4. The first kappa shape index (κ1) is 15.4. The maximum Gasteiger partial charge on any atom is 0.270 e. The fourth-order valence-corrected chi connectivity index (χ4v) is 5.14. The first-order valence-corrected chi connectivity index (χ1v) is 10.0. The summed E-state index contributed by atoms with van der Waals surface area (Å²) in [6.45, 7) is 0.209. The van der Waals surface area contributed by atoms with E-state index in [4.69, 9.17) is 0 Å². The molecular formula is C17H16N2O3S2. The Morgan fingerprint density at radius 3 is 2.67 bits per heavy atom. The van der Waals surface area contributed by atoms with Gasteiger partial charge in [0.1, 0.15) is 4.88 Å². The maximum absolute atomic E-state index is 13.0. The highest BCUT2D eigenvalue weighted by Crippen LogP contribution is 2.39. The van der Waals surface area contributed by atoms with E-state index in [1.807, 2.05) is 30.3 Å². The number of nitrogens with zero attached hydrogens (tertiary/aromatic N) is 1. The van der Waals surface area contributed by atoms with E-state index in [0.717, 1.165) is 18.4 Å². The van der Waals surface area contributed by atoms with Crippen molar-refractivity contribution in [2.75, 3.05) is 4.31 Å². The van der Waals surface area contributed by atoms with Crippen molar-refractivity contribution < 1.29 is 13.2 Å². The first-order chi connectivity index (χ1) is 11.6. The molecule has 1 aromatic heterocycles. The lowest BCUT2D eigenvalue weighted by atomic mass is 10.2. The van der Waals surface area contributed by atoms with Crippen molar-refractivity contribution in [3.05, 3.63) is 63.3 Å². The average Bonchev–Trinajstić information content (AvgIpc) is 3.26. The number of hydrogen-bond acceptors (Lipinski definition) is 5. The molecule has 0 spiro atoms. The van der Waals surface area contributed by atoms with Crippen molar-refractivity contribution in [2.24, 2.45) is 0 Å². The third-order valence-corrected chi connectivity index (χ3v) is 6.78. The molecule has 0 bridgehead atoms. The topological polar surface area (TPSA) is 66.5 Å². The standard InChI is InChI=1S/C17H16N2O3S2/c20-16-15(10-18-13-6-7-13)24(21,22)19(14-8-9-23-17(14)16)11-12-4-2-1-3-5-12/h1-5,8-10,13,18H,6-7,11H2.